The van der Waals surface area contributed by atoms with Gasteiger partial charge < -0.3 is 11.1 Å². The number of amides is 1. The standard InChI is InChI=1S/C17H20N2OS/c1-9-7-14(21-10(9)2)15(18)11-5-6-13-12(8-11)17(3,4)16(20)19-13/h5-8,15H,18H2,1-4H3,(H,19,20). The van der Waals surface area contributed by atoms with Crippen molar-refractivity contribution in [3.05, 3.63) is 50.7 Å². The van der Waals surface area contributed by atoms with E-state index in [1.54, 1.807) is 11.3 Å². The monoisotopic (exact) mass is 300 g/mol. The largest absolute Gasteiger partial charge is 0.325 e. The minimum absolute atomic E-state index is 0.0473. The number of benzene rings is 1. The van der Waals surface area contributed by atoms with Crippen LogP contribution in [0.15, 0.2) is 24.3 Å². The van der Waals surface area contributed by atoms with E-state index in [1.165, 1.54) is 15.3 Å². The summed E-state index contributed by atoms with van der Waals surface area (Å²) >= 11 is 1.74. The number of hydrogen-bond acceptors (Lipinski definition) is 3. The molecule has 1 unspecified atom stereocenters. The van der Waals surface area contributed by atoms with Crippen molar-refractivity contribution in [2.75, 3.05) is 5.32 Å². The van der Waals surface area contributed by atoms with E-state index in [2.05, 4.69) is 31.3 Å². The van der Waals surface area contributed by atoms with E-state index in [9.17, 15) is 4.79 Å². The van der Waals surface area contributed by atoms with Gasteiger partial charge in [0.25, 0.3) is 0 Å². The van der Waals surface area contributed by atoms with Gasteiger partial charge in [0, 0.05) is 15.4 Å². The first-order valence-electron chi connectivity index (χ1n) is 7.09. The van der Waals surface area contributed by atoms with Crippen LogP contribution in [-0.2, 0) is 10.2 Å². The molecule has 2 aromatic rings. The van der Waals surface area contributed by atoms with Gasteiger partial charge in [-0.25, -0.2) is 0 Å². The van der Waals surface area contributed by atoms with Gasteiger partial charge in [-0.1, -0.05) is 12.1 Å². The van der Waals surface area contributed by atoms with Crippen LogP contribution in [0.2, 0.25) is 0 Å². The molecule has 1 amide bonds. The first-order valence-corrected chi connectivity index (χ1v) is 7.90. The van der Waals surface area contributed by atoms with E-state index in [4.69, 9.17) is 5.73 Å². The molecular formula is C17H20N2OS. The molecule has 3 rings (SSSR count). The van der Waals surface area contributed by atoms with Crippen LogP contribution in [0.25, 0.3) is 0 Å². The van der Waals surface area contributed by atoms with Gasteiger partial charge in [-0.15, -0.1) is 11.3 Å². The van der Waals surface area contributed by atoms with Crippen molar-refractivity contribution in [3.8, 4) is 0 Å². The zero-order chi connectivity index (χ0) is 15.4. The Morgan fingerprint density at radius 3 is 2.57 bits per heavy atom. The highest BCUT2D eigenvalue weighted by Crippen LogP contribution is 2.39. The topological polar surface area (TPSA) is 55.1 Å². The maximum Gasteiger partial charge on any atom is 0.234 e. The number of anilines is 1. The molecule has 3 N–H and O–H groups in total. The average Bonchev–Trinajstić information content (AvgIpc) is 2.88. The van der Waals surface area contributed by atoms with Crippen LogP contribution >= 0.6 is 11.3 Å². The summed E-state index contributed by atoms with van der Waals surface area (Å²) in [5, 5.41) is 2.93. The van der Waals surface area contributed by atoms with Crippen LogP contribution in [0, 0.1) is 13.8 Å². The van der Waals surface area contributed by atoms with Crippen molar-refractivity contribution in [2.24, 2.45) is 5.73 Å². The molecule has 21 heavy (non-hydrogen) atoms. The summed E-state index contributed by atoms with van der Waals surface area (Å²) in [4.78, 5) is 14.5. The maximum atomic E-state index is 12.0. The Kier molecular flexibility index (Phi) is 3.19. The second-order valence-electron chi connectivity index (χ2n) is 6.25. The predicted octanol–water partition coefficient (Wildman–Crippen LogP) is 3.64. The number of hydrogen-bond donors (Lipinski definition) is 2. The highest BCUT2D eigenvalue weighted by atomic mass is 32.1. The Hall–Kier alpha value is -1.65. The van der Waals surface area contributed by atoms with Gasteiger partial charge in [0.05, 0.1) is 11.5 Å². The van der Waals surface area contributed by atoms with Crippen LogP contribution in [-0.4, -0.2) is 5.91 Å². The van der Waals surface area contributed by atoms with Crippen LogP contribution in [0.4, 0.5) is 5.69 Å². The molecule has 0 radical (unpaired) electrons. The number of rotatable bonds is 2. The number of nitrogens with one attached hydrogen (secondary N) is 1. The third-order valence-corrected chi connectivity index (χ3v) is 5.62. The lowest BCUT2D eigenvalue weighted by atomic mass is 9.84. The summed E-state index contributed by atoms with van der Waals surface area (Å²) < 4.78 is 0. The maximum absolute atomic E-state index is 12.0. The summed E-state index contributed by atoms with van der Waals surface area (Å²) in [6, 6.07) is 8.06. The smallest absolute Gasteiger partial charge is 0.234 e. The van der Waals surface area contributed by atoms with Crippen molar-refractivity contribution >= 4 is 22.9 Å². The molecule has 0 aliphatic carbocycles. The zero-order valence-electron chi connectivity index (χ0n) is 12.8. The van der Waals surface area contributed by atoms with Gasteiger partial charge in [0.15, 0.2) is 0 Å². The van der Waals surface area contributed by atoms with Gasteiger partial charge in [-0.3, -0.25) is 4.79 Å². The lowest BCUT2D eigenvalue weighted by Gasteiger charge is -2.17. The van der Waals surface area contributed by atoms with Crippen molar-refractivity contribution in [1.82, 2.24) is 0 Å². The Balaban J connectivity index is 2.02. The summed E-state index contributed by atoms with van der Waals surface area (Å²) in [6.07, 6.45) is 0. The number of carbonyl (C=O) groups excluding carboxylic acids is 1. The fraction of sp³-hybridized carbons (Fsp3) is 0.353. The van der Waals surface area contributed by atoms with Crippen molar-refractivity contribution in [1.29, 1.82) is 0 Å². The van der Waals surface area contributed by atoms with Crippen molar-refractivity contribution in [3.63, 3.8) is 0 Å². The Labute approximate surface area is 129 Å². The van der Waals surface area contributed by atoms with Crippen LogP contribution in [0.1, 0.15) is 46.3 Å². The molecule has 2 heterocycles. The summed E-state index contributed by atoms with van der Waals surface area (Å²) in [7, 11) is 0. The number of nitrogens with two attached hydrogens (primary N) is 1. The molecule has 0 saturated heterocycles. The summed E-state index contributed by atoms with van der Waals surface area (Å²) in [6.45, 7) is 8.12. The Morgan fingerprint density at radius 1 is 1.24 bits per heavy atom. The highest BCUT2D eigenvalue weighted by Gasteiger charge is 2.38. The molecule has 0 bridgehead atoms. The van der Waals surface area contributed by atoms with Gasteiger partial charge in [-0.05, 0) is 56.5 Å². The molecule has 1 aliphatic heterocycles. The second kappa shape index (κ2) is 4.68. The molecule has 110 valence electrons. The van der Waals surface area contributed by atoms with E-state index in [0.29, 0.717) is 0 Å². The minimum Gasteiger partial charge on any atom is -0.325 e. The van der Waals surface area contributed by atoms with Gasteiger partial charge in [0.1, 0.15) is 0 Å². The Bertz CT molecular complexity index is 711. The molecule has 1 atom stereocenters. The number of aryl methyl sites for hydroxylation is 2. The van der Waals surface area contributed by atoms with E-state index in [1.807, 2.05) is 26.0 Å². The lowest BCUT2D eigenvalue weighted by molar-refractivity contribution is -0.119. The fourth-order valence-electron chi connectivity index (χ4n) is 2.70. The third kappa shape index (κ3) is 2.19. The van der Waals surface area contributed by atoms with Crippen molar-refractivity contribution in [2.45, 2.75) is 39.2 Å². The minimum atomic E-state index is -0.494. The average molecular weight is 300 g/mol. The normalized spacial score (nSPS) is 17.5. The summed E-state index contributed by atoms with van der Waals surface area (Å²) in [5.74, 6) is 0.0473. The van der Waals surface area contributed by atoms with Crippen LogP contribution in [0.3, 0.4) is 0 Å². The molecule has 3 nitrogen and oxygen atoms in total. The fourth-order valence-corrected chi connectivity index (χ4v) is 3.77. The zero-order valence-corrected chi connectivity index (χ0v) is 13.6. The molecule has 1 aliphatic rings. The number of carbonyl (C=O) groups is 1. The van der Waals surface area contributed by atoms with Crippen molar-refractivity contribution < 1.29 is 4.79 Å². The molecule has 0 fully saturated rings. The van der Waals surface area contributed by atoms with Gasteiger partial charge in [0.2, 0.25) is 5.91 Å². The predicted molar refractivity (Wildman–Crippen MR) is 87.9 cm³/mol. The second-order valence-corrected chi connectivity index (χ2v) is 7.54. The molecule has 0 spiro atoms. The first kappa shape index (κ1) is 14.3. The summed E-state index contributed by atoms with van der Waals surface area (Å²) in [5.41, 5.74) is 10.2. The van der Waals surface area contributed by atoms with E-state index in [-0.39, 0.29) is 11.9 Å². The number of thiophene rings is 1. The quantitative estimate of drug-likeness (QED) is 0.889. The highest BCUT2D eigenvalue weighted by molar-refractivity contribution is 7.12. The van der Waals surface area contributed by atoms with Gasteiger partial charge in [-0.2, -0.15) is 0 Å². The molecule has 1 aromatic carbocycles. The first-order chi connectivity index (χ1) is 9.80. The third-order valence-electron chi connectivity index (χ3n) is 4.38. The molecule has 0 saturated carbocycles. The van der Waals surface area contributed by atoms with Gasteiger partial charge >= 0.3 is 0 Å². The molecule has 1 aromatic heterocycles. The van der Waals surface area contributed by atoms with E-state index >= 15 is 0 Å². The SMILES string of the molecule is Cc1cc(C(N)c2ccc3c(c2)C(C)(C)C(=O)N3)sc1C. The van der Waals surface area contributed by atoms with Crippen LogP contribution < -0.4 is 11.1 Å². The van der Waals surface area contributed by atoms with Crippen LogP contribution in [0.5, 0.6) is 0 Å². The molecular weight excluding hydrogens is 280 g/mol. The van der Waals surface area contributed by atoms with E-state index in [0.717, 1.165) is 16.8 Å². The lowest BCUT2D eigenvalue weighted by Crippen LogP contribution is -2.27. The van der Waals surface area contributed by atoms with E-state index < -0.39 is 5.41 Å². The number of fused-ring (bicyclic) bond motifs is 1. The molecule has 4 heteroatoms. The Morgan fingerprint density at radius 2 is 1.95 bits per heavy atom.